The van der Waals surface area contributed by atoms with Gasteiger partial charge in [0.1, 0.15) is 0 Å². The summed E-state index contributed by atoms with van der Waals surface area (Å²) in [7, 11) is -3.60. The number of halogens is 1. The summed E-state index contributed by atoms with van der Waals surface area (Å²) in [6.07, 6.45) is 0.912. The van der Waals surface area contributed by atoms with E-state index in [0.29, 0.717) is 17.9 Å². The van der Waals surface area contributed by atoms with Crippen molar-refractivity contribution in [2.45, 2.75) is 23.8 Å². The van der Waals surface area contributed by atoms with Crippen molar-refractivity contribution in [3.8, 4) is 0 Å². The minimum atomic E-state index is -3.60. The summed E-state index contributed by atoms with van der Waals surface area (Å²) in [5.74, 6) is -0.00370. The fraction of sp³-hybridized carbons (Fsp3) is 0.429. The Balaban J connectivity index is 1.71. The van der Waals surface area contributed by atoms with Crippen LogP contribution in [0, 0.1) is 0 Å². The quantitative estimate of drug-likeness (QED) is 0.810. The first-order valence-electron chi connectivity index (χ1n) is 7.14. The molecule has 0 bridgehead atoms. The molecule has 2 saturated heterocycles. The van der Waals surface area contributed by atoms with Crippen LogP contribution in [0.5, 0.6) is 0 Å². The number of rotatable bonds is 3. The highest BCUT2D eigenvalue weighted by molar-refractivity contribution is 8.14. The fourth-order valence-electron chi connectivity index (χ4n) is 2.83. The van der Waals surface area contributed by atoms with E-state index in [-0.39, 0.29) is 40.9 Å². The maximum absolute atomic E-state index is 12.6. The smallest absolute Gasteiger partial charge is 0.273 e. The molecule has 1 aromatic carbocycles. The normalized spacial score (nSPS) is 21.2. The molecule has 0 atom stereocenters. The van der Waals surface area contributed by atoms with Crippen LogP contribution in [0.2, 0.25) is 5.02 Å². The van der Waals surface area contributed by atoms with E-state index in [1.807, 2.05) is 0 Å². The van der Waals surface area contributed by atoms with Crippen molar-refractivity contribution in [3.05, 3.63) is 29.3 Å². The van der Waals surface area contributed by atoms with Crippen molar-refractivity contribution in [1.29, 1.82) is 0 Å². The molecule has 23 heavy (non-hydrogen) atoms. The SMILES string of the molecule is O=C1CSC(=O)N1C1CCN(S(=O)(=O)c2cccc(Cl)c2)CC1. The molecule has 2 fully saturated rings. The Kier molecular flexibility index (Phi) is 4.68. The van der Waals surface area contributed by atoms with Gasteiger partial charge in [0, 0.05) is 24.2 Å². The lowest BCUT2D eigenvalue weighted by Crippen LogP contribution is -2.48. The predicted molar refractivity (Wildman–Crippen MR) is 87.9 cm³/mol. The van der Waals surface area contributed by atoms with E-state index in [1.54, 1.807) is 12.1 Å². The Morgan fingerprint density at radius 2 is 1.87 bits per heavy atom. The van der Waals surface area contributed by atoms with Crippen molar-refractivity contribution in [3.63, 3.8) is 0 Å². The molecule has 0 saturated carbocycles. The number of thioether (sulfide) groups is 1. The average Bonchev–Trinajstić information content (AvgIpc) is 2.86. The number of benzene rings is 1. The number of imide groups is 1. The van der Waals surface area contributed by atoms with Crippen LogP contribution in [0.4, 0.5) is 4.79 Å². The van der Waals surface area contributed by atoms with Crippen molar-refractivity contribution >= 4 is 44.5 Å². The van der Waals surface area contributed by atoms with Crippen molar-refractivity contribution < 1.29 is 18.0 Å². The summed E-state index contributed by atoms with van der Waals surface area (Å²) in [5, 5.41) is 0.136. The second-order valence-electron chi connectivity index (χ2n) is 5.41. The van der Waals surface area contributed by atoms with Crippen LogP contribution in [0.25, 0.3) is 0 Å². The predicted octanol–water partition coefficient (Wildman–Crippen LogP) is 2.19. The van der Waals surface area contributed by atoms with Crippen molar-refractivity contribution in [2.24, 2.45) is 0 Å². The molecule has 0 aliphatic carbocycles. The Labute approximate surface area is 143 Å². The van der Waals surface area contributed by atoms with Gasteiger partial charge in [0.05, 0.1) is 10.6 Å². The van der Waals surface area contributed by atoms with Gasteiger partial charge < -0.3 is 0 Å². The lowest BCUT2D eigenvalue weighted by molar-refractivity contribution is -0.126. The summed E-state index contributed by atoms with van der Waals surface area (Å²) in [6.45, 7) is 0.558. The van der Waals surface area contributed by atoms with E-state index in [1.165, 1.54) is 21.3 Å². The molecule has 0 radical (unpaired) electrons. The molecule has 9 heteroatoms. The van der Waals surface area contributed by atoms with Crippen LogP contribution in [-0.4, -0.2) is 53.7 Å². The van der Waals surface area contributed by atoms with E-state index in [2.05, 4.69) is 0 Å². The van der Waals surface area contributed by atoms with E-state index in [4.69, 9.17) is 11.6 Å². The maximum atomic E-state index is 12.6. The molecular weight excluding hydrogens is 360 g/mol. The zero-order valence-electron chi connectivity index (χ0n) is 12.1. The summed E-state index contributed by atoms with van der Waals surface area (Å²) in [5.41, 5.74) is 0. The summed E-state index contributed by atoms with van der Waals surface area (Å²) in [4.78, 5) is 24.9. The van der Waals surface area contributed by atoms with Crippen LogP contribution in [-0.2, 0) is 14.8 Å². The van der Waals surface area contributed by atoms with Gasteiger partial charge in [-0.15, -0.1) is 0 Å². The first-order chi connectivity index (χ1) is 10.9. The molecule has 2 aliphatic heterocycles. The molecule has 0 unspecified atom stereocenters. The molecule has 0 N–H and O–H groups in total. The molecule has 3 rings (SSSR count). The molecule has 2 heterocycles. The van der Waals surface area contributed by atoms with Gasteiger partial charge in [-0.1, -0.05) is 29.4 Å². The number of nitrogens with zero attached hydrogens (tertiary/aromatic N) is 2. The van der Waals surface area contributed by atoms with Crippen LogP contribution >= 0.6 is 23.4 Å². The fourth-order valence-corrected chi connectivity index (χ4v) is 5.38. The van der Waals surface area contributed by atoms with Gasteiger partial charge in [-0.25, -0.2) is 8.42 Å². The standard InChI is InChI=1S/C14H15ClN2O4S2/c15-10-2-1-3-12(8-10)23(20,21)16-6-4-11(5-7-16)17-13(18)9-22-14(17)19/h1-3,8,11H,4-7,9H2. The first kappa shape index (κ1) is 16.8. The molecular formula is C14H15ClN2O4S2. The minimum Gasteiger partial charge on any atom is -0.273 e. The monoisotopic (exact) mass is 374 g/mol. The molecule has 6 nitrogen and oxygen atoms in total. The van der Waals surface area contributed by atoms with E-state index >= 15 is 0 Å². The van der Waals surface area contributed by atoms with Gasteiger partial charge in [-0.2, -0.15) is 4.31 Å². The number of piperidine rings is 1. The van der Waals surface area contributed by atoms with Gasteiger partial charge in [0.25, 0.3) is 5.24 Å². The number of sulfonamides is 1. The van der Waals surface area contributed by atoms with Gasteiger partial charge in [0.2, 0.25) is 15.9 Å². The van der Waals surface area contributed by atoms with Crippen LogP contribution in [0.1, 0.15) is 12.8 Å². The number of carbonyl (C=O) groups excluding carboxylic acids is 2. The topological polar surface area (TPSA) is 74.8 Å². The van der Waals surface area contributed by atoms with Crippen LogP contribution < -0.4 is 0 Å². The zero-order chi connectivity index (χ0) is 16.6. The lowest BCUT2D eigenvalue weighted by atomic mass is 10.1. The summed E-state index contributed by atoms with van der Waals surface area (Å²) < 4.78 is 26.6. The van der Waals surface area contributed by atoms with E-state index in [9.17, 15) is 18.0 Å². The summed E-state index contributed by atoms with van der Waals surface area (Å²) >= 11 is 6.87. The zero-order valence-corrected chi connectivity index (χ0v) is 14.5. The van der Waals surface area contributed by atoms with Crippen LogP contribution in [0.15, 0.2) is 29.2 Å². The number of hydrogen-bond acceptors (Lipinski definition) is 5. The van der Waals surface area contributed by atoms with E-state index < -0.39 is 10.0 Å². The average molecular weight is 375 g/mol. The molecule has 2 amide bonds. The van der Waals surface area contributed by atoms with Crippen molar-refractivity contribution in [1.82, 2.24) is 9.21 Å². The Hall–Kier alpha value is -1.09. The van der Waals surface area contributed by atoms with E-state index in [0.717, 1.165) is 11.8 Å². The second-order valence-corrected chi connectivity index (χ2v) is 8.71. The highest BCUT2D eigenvalue weighted by atomic mass is 35.5. The number of amides is 2. The Bertz CT molecular complexity index is 729. The highest BCUT2D eigenvalue weighted by Crippen LogP contribution is 2.29. The van der Waals surface area contributed by atoms with Crippen LogP contribution in [0.3, 0.4) is 0 Å². The van der Waals surface area contributed by atoms with Gasteiger partial charge in [-0.3, -0.25) is 14.5 Å². The second kappa shape index (κ2) is 6.43. The third kappa shape index (κ3) is 3.26. The third-order valence-corrected chi connectivity index (χ3v) is 6.97. The summed E-state index contributed by atoms with van der Waals surface area (Å²) in [6, 6.07) is 5.94. The lowest BCUT2D eigenvalue weighted by Gasteiger charge is -2.34. The van der Waals surface area contributed by atoms with Gasteiger partial charge >= 0.3 is 0 Å². The minimum absolute atomic E-state index is 0.160. The van der Waals surface area contributed by atoms with Crippen molar-refractivity contribution in [2.75, 3.05) is 18.8 Å². The molecule has 2 aliphatic rings. The van der Waals surface area contributed by atoms with Gasteiger partial charge in [-0.05, 0) is 31.0 Å². The molecule has 124 valence electrons. The molecule has 0 spiro atoms. The largest absolute Gasteiger partial charge is 0.289 e. The Morgan fingerprint density at radius 3 is 2.43 bits per heavy atom. The highest BCUT2D eigenvalue weighted by Gasteiger charge is 2.39. The Morgan fingerprint density at radius 1 is 1.17 bits per heavy atom. The molecule has 1 aromatic rings. The third-order valence-electron chi connectivity index (χ3n) is 4.01. The maximum Gasteiger partial charge on any atom is 0.289 e. The first-order valence-corrected chi connectivity index (χ1v) is 9.94. The van der Waals surface area contributed by atoms with Gasteiger partial charge in [0.15, 0.2) is 0 Å². The number of carbonyl (C=O) groups is 2. The molecule has 0 aromatic heterocycles. The number of hydrogen-bond donors (Lipinski definition) is 0.